The van der Waals surface area contributed by atoms with Crippen LogP contribution in [-0.2, 0) is 4.74 Å². The molecule has 242 valence electrons. The van der Waals surface area contributed by atoms with Crippen LogP contribution in [0.2, 0.25) is 0 Å². The standard InChI is InChI=1S/C32H35N11O4/c1-45-31-27(42-12-10-41(11-13-42)23-18-46-19-23)3-5-29(38-31)37-30-15-25(34-20-35-30)21-2-4-28(22(14-21)16-33)47-24-6-8-43(9-7-24)32(44)26-17-36-40-39-26/h2-5,14-15,17,20,23-24H,6-13,18-19H2,1H3,(H,36,39,40)(H,34,35,37,38). The molecule has 0 aliphatic carbocycles. The van der Waals surface area contributed by atoms with Crippen molar-refractivity contribution >= 4 is 23.2 Å². The number of hydrogen-bond acceptors (Lipinski definition) is 13. The molecule has 15 heteroatoms. The van der Waals surface area contributed by atoms with Crippen LogP contribution in [0, 0.1) is 11.3 Å². The average Bonchev–Trinajstić information content (AvgIpc) is 3.64. The van der Waals surface area contributed by atoms with Crippen LogP contribution in [-0.4, -0.2) is 118 Å². The smallest absolute Gasteiger partial charge is 0.276 e. The summed E-state index contributed by atoms with van der Waals surface area (Å²) in [5.41, 5.74) is 3.05. The highest BCUT2D eigenvalue weighted by atomic mass is 16.5. The van der Waals surface area contributed by atoms with Crippen molar-refractivity contribution < 1.29 is 19.0 Å². The summed E-state index contributed by atoms with van der Waals surface area (Å²) in [5, 5.41) is 23.2. The fraction of sp³-hybridized carbons (Fsp3) is 0.406. The molecule has 0 spiro atoms. The van der Waals surface area contributed by atoms with Gasteiger partial charge in [0, 0.05) is 63.7 Å². The van der Waals surface area contributed by atoms with Crippen LogP contribution in [0.25, 0.3) is 11.3 Å². The van der Waals surface area contributed by atoms with E-state index in [1.54, 1.807) is 24.1 Å². The molecule has 0 atom stereocenters. The molecular formula is C32H35N11O4. The van der Waals surface area contributed by atoms with E-state index in [1.165, 1.54) is 12.5 Å². The van der Waals surface area contributed by atoms with Crippen molar-refractivity contribution in [1.82, 2.24) is 40.2 Å². The van der Waals surface area contributed by atoms with Crippen molar-refractivity contribution in [3.05, 3.63) is 60.2 Å². The van der Waals surface area contributed by atoms with Crippen LogP contribution in [0.15, 0.2) is 48.9 Å². The number of piperazine rings is 1. The Balaban J connectivity index is 0.984. The number of aromatic nitrogens is 6. The van der Waals surface area contributed by atoms with E-state index in [0.717, 1.165) is 50.6 Å². The number of nitriles is 1. The van der Waals surface area contributed by atoms with Gasteiger partial charge >= 0.3 is 0 Å². The third-order valence-corrected chi connectivity index (χ3v) is 8.80. The topological polar surface area (TPSA) is 171 Å². The van der Waals surface area contributed by atoms with E-state index >= 15 is 0 Å². The Bertz CT molecular complexity index is 1740. The van der Waals surface area contributed by atoms with Gasteiger partial charge in [0.1, 0.15) is 41.6 Å². The fourth-order valence-electron chi connectivity index (χ4n) is 6.07. The molecule has 7 rings (SSSR count). The lowest BCUT2D eigenvalue weighted by Gasteiger charge is -2.43. The van der Waals surface area contributed by atoms with Gasteiger partial charge in [-0.3, -0.25) is 9.69 Å². The molecular weight excluding hydrogens is 602 g/mol. The number of likely N-dealkylation sites (tertiary alicyclic amines) is 1. The van der Waals surface area contributed by atoms with E-state index in [4.69, 9.17) is 19.2 Å². The lowest BCUT2D eigenvalue weighted by Crippen LogP contribution is -2.56. The number of carbonyl (C=O) groups excluding carboxylic acids is 1. The minimum Gasteiger partial charge on any atom is -0.489 e. The van der Waals surface area contributed by atoms with Gasteiger partial charge < -0.3 is 29.3 Å². The minimum atomic E-state index is -0.158. The Kier molecular flexibility index (Phi) is 8.76. The maximum Gasteiger partial charge on any atom is 0.276 e. The zero-order chi connectivity index (χ0) is 32.2. The van der Waals surface area contributed by atoms with Crippen LogP contribution < -0.4 is 19.7 Å². The molecule has 3 saturated heterocycles. The number of anilines is 3. The van der Waals surface area contributed by atoms with Crippen LogP contribution in [0.4, 0.5) is 17.3 Å². The number of methoxy groups -OCH3 is 1. The molecule has 2 N–H and O–H groups in total. The molecule has 3 fully saturated rings. The number of ether oxygens (including phenoxy) is 3. The van der Waals surface area contributed by atoms with Gasteiger partial charge in [0.05, 0.1) is 43.8 Å². The highest BCUT2D eigenvalue weighted by Gasteiger charge is 2.30. The highest BCUT2D eigenvalue weighted by molar-refractivity contribution is 5.91. The first-order chi connectivity index (χ1) is 23.1. The van der Waals surface area contributed by atoms with E-state index in [1.807, 2.05) is 24.3 Å². The summed E-state index contributed by atoms with van der Waals surface area (Å²) >= 11 is 0. The number of aromatic amines is 1. The lowest BCUT2D eigenvalue weighted by atomic mass is 10.1. The Hall–Kier alpha value is -5.33. The number of nitrogens with zero attached hydrogens (tertiary/aromatic N) is 9. The number of rotatable bonds is 9. The number of piperidine rings is 1. The van der Waals surface area contributed by atoms with Crippen molar-refractivity contribution in [2.75, 3.05) is 69.8 Å². The van der Waals surface area contributed by atoms with Gasteiger partial charge in [-0.15, -0.1) is 0 Å². The second-order valence-corrected chi connectivity index (χ2v) is 11.6. The predicted octanol–water partition coefficient (Wildman–Crippen LogP) is 2.48. The van der Waals surface area contributed by atoms with Crippen molar-refractivity contribution in [3.8, 4) is 29.0 Å². The van der Waals surface area contributed by atoms with E-state index in [-0.39, 0.29) is 12.0 Å². The molecule has 1 aromatic carbocycles. The first-order valence-electron chi connectivity index (χ1n) is 15.6. The number of hydrogen-bond donors (Lipinski definition) is 2. The molecule has 47 heavy (non-hydrogen) atoms. The number of H-pyrrole nitrogens is 1. The molecule has 3 aliphatic heterocycles. The SMILES string of the molecule is COc1nc(Nc2cc(-c3ccc(OC4CCN(C(=O)c5cn[nH]n5)CC4)c(C#N)c3)ncn2)ccc1N1CCN(C2COC2)CC1. The number of nitrogens with one attached hydrogen (secondary N) is 2. The quantitative estimate of drug-likeness (QED) is 0.275. The number of carbonyl (C=O) groups is 1. The normalized spacial score (nSPS) is 17.5. The van der Waals surface area contributed by atoms with E-state index < -0.39 is 0 Å². The summed E-state index contributed by atoms with van der Waals surface area (Å²) in [4.78, 5) is 32.6. The number of amides is 1. The van der Waals surface area contributed by atoms with Gasteiger partial charge in [0.2, 0.25) is 5.88 Å². The highest BCUT2D eigenvalue weighted by Crippen LogP contribution is 2.32. The molecule has 0 saturated carbocycles. The average molecular weight is 638 g/mol. The first-order valence-corrected chi connectivity index (χ1v) is 15.6. The predicted molar refractivity (Wildman–Crippen MR) is 171 cm³/mol. The largest absolute Gasteiger partial charge is 0.489 e. The minimum absolute atomic E-state index is 0.118. The van der Waals surface area contributed by atoms with Gasteiger partial charge in [-0.25, -0.2) is 9.97 Å². The molecule has 0 bridgehead atoms. The Morgan fingerprint density at radius 3 is 2.57 bits per heavy atom. The van der Waals surface area contributed by atoms with Gasteiger partial charge in [-0.05, 0) is 30.3 Å². The van der Waals surface area contributed by atoms with Crippen LogP contribution in [0.5, 0.6) is 11.6 Å². The molecule has 3 aliphatic rings. The van der Waals surface area contributed by atoms with Crippen molar-refractivity contribution in [2.45, 2.75) is 25.0 Å². The molecule has 0 unspecified atom stereocenters. The second kappa shape index (κ2) is 13.6. The molecule has 15 nitrogen and oxygen atoms in total. The maximum absolute atomic E-state index is 12.6. The lowest BCUT2D eigenvalue weighted by molar-refractivity contribution is -0.0660. The summed E-state index contributed by atoms with van der Waals surface area (Å²) in [6.07, 6.45) is 4.06. The van der Waals surface area contributed by atoms with Crippen LogP contribution >= 0.6 is 0 Å². The molecule has 6 heterocycles. The first kappa shape index (κ1) is 30.3. The van der Waals surface area contributed by atoms with Crippen LogP contribution in [0.3, 0.4) is 0 Å². The third kappa shape index (κ3) is 6.64. The zero-order valence-electron chi connectivity index (χ0n) is 26.0. The third-order valence-electron chi connectivity index (χ3n) is 8.80. The summed E-state index contributed by atoms with van der Waals surface area (Å²) in [6, 6.07) is 14.0. The molecule has 0 radical (unpaired) electrons. The summed E-state index contributed by atoms with van der Waals surface area (Å²) < 4.78 is 17.2. The number of benzene rings is 1. The summed E-state index contributed by atoms with van der Waals surface area (Å²) in [7, 11) is 1.63. The molecule has 1 amide bonds. The number of pyridine rings is 1. The summed E-state index contributed by atoms with van der Waals surface area (Å²) in [5.74, 6) is 2.04. The van der Waals surface area contributed by atoms with Gasteiger partial charge in [-0.2, -0.15) is 25.7 Å². The second-order valence-electron chi connectivity index (χ2n) is 11.6. The Morgan fingerprint density at radius 1 is 1.04 bits per heavy atom. The van der Waals surface area contributed by atoms with Crippen LogP contribution in [0.1, 0.15) is 28.9 Å². The van der Waals surface area contributed by atoms with E-state index in [9.17, 15) is 10.1 Å². The van der Waals surface area contributed by atoms with E-state index in [0.29, 0.717) is 72.2 Å². The van der Waals surface area contributed by atoms with E-state index in [2.05, 4.69) is 46.6 Å². The van der Waals surface area contributed by atoms with Crippen molar-refractivity contribution in [3.63, 3.8) is 0 Å². The maximum atomic E-state index is 12.6. The van der Waals surface area contributed by atoms with Gasteiger partial charge in [0.25, 0.3) is 5.91 Å². The fourth-order valence-corrected chi connectivity index (χ4v) is 6.07. The van der Waals surface area contributed by atoms with Crippen molar-refractivity contribution in [1.29, 1.82) is 5.26 Å². The molecule has 4 aromatic rings. The Labute approximate surface area is 271 Å². The zero-order valence-corrected chi connectivity index (χ0v) is 26.0. The van der Waals surface area contributed by atoms with Crippen molar-refractivity contribution in [2.24, 2.45) is 0 Å². The monoisotopic (exact) mass is 637 g/mol. The van der Waals surface area contributed by atoms with Gasteiger partial charge in [-0.1, -0.05) is 0 Å². The molecule has 3 aromatic heterocycles. The Morgan fingerprint density at radius 2 is 1.87 bits per heavy atom. The summed E-state index contributed by atoms with van der Waals surface area (Å²) in [6.45, 7) is 6.48. The van der Waals surface area contributed by atoms with Gasteiger partial charge in [0.15, 0.2) is 5.69 Å².